The Morgan fingerprint density at radius 1 is 0.935 bits per heavy atom. The maximum Gasteiger partial charge on any atom is 0.229 e. The van der Waals surface area contributed by atoms with E-state index in [1.807, 2.05) is 49.4 Å². The molecule has 2 aromatic carbocycles. The molecule has 31 heavy (non-hydrogen) atoms. The zero-order valence-electron chi connectivity index (χ0n) is 17.2. The van der Waals surface area contributed by atoms with Gasteiger partial charge in [-0.05, 0) is 30.7 Å². The van der Waals surface area contributed by atoms with E-state index in [-0.39, 0.29) is 0 Å². The molecule has 5 rings (SSSR count). The summed E-state index contributed by atoms with van der Waals surface area (Å²) >= 11 is 0. The Morgan fingerprint density at radius 2 is 1.81 bits per heavy atom. The van der Waals surface area contributed by atoms with E-state index in [1.165, 1.54) is 0 Å². The quantitative estimate of drug-likeness (QED) is 0.507. The number of nitrogens with one attached hydrogen (secondary N) is 2. The lowest BCUT2D eigenvalue weighted by Crippen LogP contribution is -2.36. The molecule has 3 heterocycles. The van der Waals surface area contributed by atoms with Crippen molar-refractivity contribution in [3.8, 4) is 0 Å². The van der Waals surface area contributed by atoms with Gasteiger partial charge in [0.1, 0.15) is 5.82 Å². The van der Waals surface area contributed by atoms with Crippen molar-refractivity contribution in [2.75, 3.05) is 41.8 Å². The minimum absolute atomic E-state index is 0.521. The van der Waals surface area contributed by atoms with Crippen LogP contribution in [0, 0.1) is 6.92 Å². The second kappa shape index (κ2) is 8.53. The van der Waals surface area contributed by atoms with E-state index in [4.69, 9.17) is 4.74 Å². The second-order valence-electron chi connectivity index (χ2n) is 7.36. The Kier molecular flexibility index (Phi) is 5.28. The lowest BCUT2D eigenvalue weighted by molar-refractivity contribution is 0.123. The monoisotopic (exact) mass is 413 g/mol. The number of hydrogen-bond acceptors (Lipinski definition) is 8. The molecule has 0 aliphatic carbocycles. The lowest BCUT2D eigenvalue weighted by Gasteiger charge is -2.30. The molecule has 0 spiro atoms. The van der Waals surface area contributed by atoms with Crippen LogP contribution < -0.4 is 15.5 Å². The fraction of sp³-hybridized carbons (Fsp3) is 0.217. The first-order valence-corrected chi connectivity index (χ1v) is 10.3. The number of para-hydroxylation sites is 2. The summed E-state index contributed by atoms with van der Waals surface area (Å²) in [5.74, 6) is 1.20. The van der Waals surface area contributed by atoms with Crippen LogP contribution in [0.1, 0.15) is 5.56 Å². The molecule has 8 heteroatoms. The predicted molar refractivity (Wildman–Crippen MR) is 122 cm³/mol. The molecule has 2 N–H and O–H groups in total. The van der Waals surface area contributed by atoms with E-state index in [2.05, 4.69) is 41.8 Å². The van der Waals surface area contributed by atoms with Gasteiger partial charge < -0.3 is 20.3 Å². The fourth-order valence-corrected chi connectivity index (χ4v) is 3.73. The van der Waals surface area contributed by atoms with E-state index >= 15 is 0 Å². The number of hydrogen-bond donors (Lipinski definition) is 2. The van der Waals surface area contributed by atoms with Crippen molar-refractivity contribution in [2.45, 2.75) is 6.92 Å². The Balaban J connectivity index is 1.41. The topological polar surface area (TPSA) is 88.1 Å². The number of rotatable bonds is 5. The molecule has 1 saturated heterocycles. The summed E-state index contributed by atoms with van der Waals surface area (Å²) in [5.41, 5.74) is 4.89. The molecule has 0 amide bonds. The number of fused-ring (bicyclic) bond motifs is 1. The third kappa shape index (κ3) is 4.10. The molecule has 0 atom stereocenters. The highest BCUT2D eigenvalue weighted by Gasteiger charge is 2.15. The molecule has 1 aliphatic rings. The van der Waals surface area contributed by atoms with Gasteiger partial charge in [-0.2, -0.15) is 15.2 Å². The number of aromatic nitrogens is 4. The Labute approximate surface area is 180 Å². The second-order valence-corrected chi connectivity index (χ2v) is 7.36. The smallest absolute Gasteiger partial charge is 0.229 e. The molecular weight excluding hydrogens is 390 g/mol. The van der Waals surface area contributed by atoms with E-state index in [0.29, 0.717) is 11.8 Å². The molecule has 0 bridgehead atoms. The number of ether oxygens (including phenoxy) is 1. The maximum atomic E-state index is 5.48. The van der Waals surface area contributed by atoms with Gasteiger partial charge in [0.05, 0.1) is 42.0 Å². The summed E-state index contributed by atoms with van der Waals surface area (Å²) in [6, 6.07) is 16.1. The third-order valence-corrected chi connectivity index (χ3v) is 5.29. The molecule has 0 saturated carbocycles. The van der Waals surface area contributed by atoms with Crippen LogP contribution in [-0.4, -0.2) is 46.5 Å². The Bertz CT molecular complexity index is 1210. The van der Waals surface area contributed by atoms with Gasteiger partial charge in [-0.25, -0.2) is 4.98 Å². The largest absolute Gasteiger partial charge is 0.378 e. The summed E-state index contributed by atoms with van der Waals surface area (Å²) in [6.07, 6.45) is 3.45. The first kappa shape index (κ1) is 19.2. The molecule has 8 nitrogen and oxygen atoms in total. The number of benzene rings is 2. The third-order valence-electron chi connectivity index (χ3n) is 5.29. The zero-order valence-corrected chi connectivity index (χ0v) is 17.2. The van der Waals surface area contributed by atoms with Gasteiger partial charge in [0.2, 0.25) is 5.95 Å². The Hall–Kier alpha value is -3.78. The number of nitrogens with zero attached hydrogens (tertiary/aromatic N) is 5. The van der Waals surface area contributed by atoms with Crippen molar-refractivity contribution in [2.24, 2.45) is 0 Å². The van der Waals surface area contributed by atoms with Crippen LogP contribution in [0.3, 0.4) is 0 Å². The highest BCUT2D eigenvalue weighted by Crippen LogP contribution is 2.29. The van der Waals surface area contributed by atoms with Gasteiger partial charge in [-0.15, -0.1) is 0 Å². The summed E-state index contributed by atoms with van der Waals surface area (Å²) in [6.45, 7) is 5.22. The average molecular weight is 413 g/mol. The number of anilines is 5. The van der Waals surface area contributed by atoms with Crippen molar-refractivity contribution < 1.29 is 4.74 Å². The molecule has 156 valence electrons. The number of aryl methyl sites for hydroxylation is 1. The van der Waals surface area contributed by atoms with E-state index in [1.54, 1.807) is 12.4 Å². The van der Waals surface area contributed by atoms with Gasteiger partial charge in [0.25, 0.3) is 0 Å². The molecule has 0 unspecified atom stereocenters. The minimum atomic E-state index is 0.521. The van der Waals surface area contributed by atoms with Crippen molar-refractivity contribution in [3.63, 3.8) is 0 Å². The molecule has 2 aromatic heterocycles. The summed E-state index contributed by atoms with van der Waals surface area (Å²) in [7, 11) is 0. The first-order chi connectivity index (χ1) is 15.3. The SMILES string of the molecule is Cc1cccc2c(Nc3ccnc(Nc4ccccc4N4CCOCC4)n3)cnnc12. The molecule has 4 aromatic rings. The molecule has 0 radical (unpaired) electrons. The van der Waals surface area contributed by atoms with E-state index < -0.39 is 0 Å². The Morgan fingerprint density at radius 3 is 2.71 bits per heavy atom. The average Bonchev–Trinajstić information content (AvgIpc) is 2.81. The van der Waals surface area contributed by atoms with Crippen LogP contribution in [-0.2, 0) is 4.74 Å². The van der Waals surface area contributed by atoms with Crippen LogP contribution in [0.4, 0.5) is 28.8 Å². The summed E-state index contributed by atoms with van der Waals surface area (Å²) < 4.78 is 5.48. The van der Waals surface area contributed by atoms with Crippen LogP contribution in [0.2, 0.25) is 0 Å². The van der Waals surface area contributed by atoms with Crippen LogP contribution in [0.5, 0.6) is 0 Å². The minimum Gasteiger partial charge on any atom is -0.378 e. The van der Waals surface area contributed by atoms with Crippen LogP contribution >= 0.6 is 0 Å². The first-order valence-electron chi connectivity index (χ1n) is 10.3. The van der Waals surface area contributed by atoms with Gasteiger partial charge in [-0.3, -0.25) is 0 Å². The molecule has 1 aliphatic heterocycles. The molecular formula is C23H23N7O. The summed E-state index contributed by atoms with van der Waals surface area (Å²) in [4.78, 5) is 11.4. The van der Waals surface area contributed by atoms with E-state index in [0.717, 1.165) is 59.8 Å². The summed E-state index contributed by atoms with van der Waals surface area (Å²) in [5, 5.41) is 16.1. The fourth-order valence-electron chi connectivity index (χ4n) is 3.73. The highest BCUT2D eigenvalue weighted by molar-refractivity contribution is 5.93. The normalized spacial score (nSPS) is 13.9. The van der Waals surface area contributed by atoms with Gasteiger partial charge in [-0.1, -0.05) is 30.3 Å². The van der Waals surface area contributed by atoms with Gasteiger partial charge in [0, 0.05) is 24.7 Å². The molecule has 1 fully saturated rings. The van der Waals surface area contributed by atoms with Crippen LogP contribution in [0.15, 0.2) is 60.9 Å². The van der Waals surface area contributed by atoms with Gasteiger partial charge >= 0.3 is 0 Å². The maximum absolute atomic E-state index is 5.48. The van der Waals surface area contributed by atoms with Crippen LogP contribution in [0.25, 0.3) is 10.9 Å². The predicted octanol–water partition coefficient (Wildman–Crippen LogP) is 4.05. The van der Waals surface area contributed by atoms with Crippen molar-refractivity contribution in [3.05, 3.63) is 66.5 Å². The lowest BCUT2D eigenvalue weighted by atomic mass is 10.1. The van der Waals surface area contributed by atoms with Crippen molar-refractivity contribution in [1.82, 2.24) is 20.2 Å². The van der Waals surface area contributed by atoms with Crippen molar-refractivity contribution >= 4 is 39.7 Å². The van der Waals surface area contributed by atoms with Gasteiger partial charge in [0.15, 0.2) is 0 Å². The standard InChI is InChI=1S/C23H23N7O/c1-16-5-4-6-17-19(15-25-29-22(16)17)26-21-9-10-24-23(28-21)27-18-7-2-3-8-20(18)30-11-13-31-14-12-30/h2-10,15H,11-14H2,1H3,(H2,24,26,27,28,29). The zero-order chi connectivity index (χ0) is 21.0. The van der Waals surface area contributed by atoms with E-state index in [9.17, 15) is 0 Å². The number of morpholine rings is 1. The van der Waals surface area contributed by atoms with Crippen molar-refractivity contribution in [1.29, 1.82) is 0 Å². The highest BCUT2D eigenvalue weighted by atomic mass is 16.5.